The number of halogens is 1. The maximum Gasteiger partial charge on any atom is 0.213 e. The SMILES string of the molecule is CCOc1cc(CNC(=NC)Nc2ccc(OC)c(OCC)c2)ccn1.I. The van der Waals surface area contributed by atoms with Crippen LogP contribution in [0.5, 0.6) is 17.4 Å². The third-order valence-electron chi connectivity index (χ3n) is 3.50. The summed E-state index contributed by atoms with van der Waals surface area (Å²) in [6, 6.07) is 9.49. The van der Waals surface area contributed by atoms with Crippen LogP contribution in [0.1, 0.15) is 19.4 Å². The number of guanidine groups is 1. The summed E-state index contributed by atoms with van der Waals surface area (Å²) in [6.07, 6.45) is 1.73. The zero-order valence-electron chi connectivity index (χ0n) is 16.1. The van der Waals surface area contributed by atoms with Gasteiger partial charge in [0.05, 0.1) is 20.3 Å². The van der Waals surface area contributed by atoms with Crippen molar-refractivity contribution >= 4 is 35.6 Å². The molecule has 27 heavy (non-hydrogen) atoms. The second-order valence-electron chi connectivity index (χ2n) is 5.28. The van der Waals surface area contributed by atoms with Gasteiger partial charge in [0.2, 0.25) is 5.88 Å². The van der Waals surface area contributed by atoms with Gasteiger partial charge in [-0.05, 0) is 37.6 Å². The molecule has 0 unspecified atom stereocenters. The van der Waals surface area contributed by atoms with Gasteiger partial charge < -0.3 is 24.8 Å². The van der Waals surface area contributed by atoms with Crippen molar-refractivity contribution in [1.29, 1.82) is 0 Å². The molecular weight excluding hydrogens is 459 g/mol. The van der Waals surface area contributed by atoms with E-state index in [0.29, 0.717) is 43.1 Å². The Hall–Kier alpha value is -2.23. The third-order valence-corrected chi connectivity index (χ3v) is 3.50. The van der Waals surface area contributed by atoms with Crippen LogP contribution in [0, 0.1) is 0 Å². The van der Waals surface area contributed by atoms with Crippen LogP contribution in [0.25, 0.3) is 0 Å². The number of methoxy groups -OCH3 is 1. The zero-order valence-corrected chi connectivity index (χ0v) is 18.4. The molecule has 1 heterocycles. The maximum atomic E-state index is 5.60. The largest absolute Gasteiger partial charge is 0.493 e. The van der Waals surface area contributed by atoms with E-state index in [4.69, 9.17) is 14.2 Å². The Bertz CT molecular complexity index is 741. The average molecular weight is 486 g/mol. The number of benzene rings is 1. The zero-order chi connectivity index (χ0) is 18.8. The first-order chi connectivity index (χ1) is 12.7. The molecule has 148 valence electrons. The van der Waals surface area contributed by atoms with Gasteiger partial charge in [0, 0.05) is 37.6 Å². The smallest absolute Gasteiger partial charge is 0.213 e. The topological polar surface area (TPSA) is 77.0 Å². The minimum absolute atomic E-state index is 0. The Kier molecular flexibility index (Phi) is 10.3. The van der Waals surface area contributed by atoms with Crippen LogP contribution >= 0.6 is 24.0 Å². The first kappa shape index (κ1) is 22.8. The fourth-order valence-electron chi connectivity index (χ4n) is 2.31. The van der Waals surface area contributed by atoms with Crippen molar-refractivity contribution < 1.29 is 14.2 Å². The van der Waals surface area contributed by atoms with Gasteiger partial charge in [0.15, 0.2) is 17.5 Å². The van der Waals surface area contributed by atoms with Gasteiger partial charge in [-0.15, -0.1) is 24.0 Å². The van der Waals surface area contributed by atoms with Crippen LogP contribution in [-0.2, 0) is 6.54 Å². The molecule has 0 aliphatic heterocycles. The molecule has 0 amide bonds. The highest BCUT2D eigenvalue weighted by molar-refractivity contribution is 14.0. The van der Waals surface area contributed by atoms with Crippen LogP contribution in [0.2, 0.25) is 0 Å². The van der Waals surface area contributed by atoms with E-state index in [0.717, 1.165) is 11.3 Å². The van der Waals surface area contributed by atoms with E-state index >= 15 is 0 Å². The van der Waals surface area contributed by atoms with Crippen molar-refractivity contribution in [3.63, 3.8) is 0 Å². The Balaban J connectivity index is 0.00000364. The standard InChI is InChI=1S/C19H26N4O3.HI/c1-5-25-17-12-15(7-8-16(17)24-4)23-19(20-3)22-13-14-9-10-21-18(11-14)26-6-2;/h7-12H,5-6,13H2,1-4H3,(H2,20,22,23);1H. The molecule has 0 radical (unpaired) electrons. The predicted molar refractivity (Wildman–Crippen MR) is 119 cm³/mol. The van der Waals surface area contributed by atoms with Crippen molar-refractivity contribution in [2.24, 2.45) is 4.99 Å². The van der Waals surface area contributed by atoms with E-state index in [-0.39, 0.29) is 24.0 Å². The Morgan fingerprint density at radius 3 is 2.52 bits per heavy atom. The summed E-state index contributed by atoms with van der Waals surface area (Å²) in [5.41, 5.74) is 1.91. The fraction of sp³-hybridized carbons (Fsp3) is 0.368. The van der Waals surface area contributed by atoms with Gasteiger partial charge in [-0.25, -0.2) is 4.98 Å². The van der Waals surface area contributed by atoms with Gasteiger partial charge in [0.1, 0.15) is 0 Å². The minimum atomic E-state index is 0. The third kappa shape index (κ3) is 7.12. The number of hydrogen-bond acceptors (Lipinski definition) is 5. The number of nitrogens with one attached hydrogen (secondary N) is 2. The molecule has 0 spiro atoms. The first-order valence-electron chi connectivity index (χ1n) is 8.56. The van der Waals surface area contributed by atoms with Gasteiger partial charge in [-0.2, -0.15) is 0 Å². The molecule has 1 aromatic carbocycles. The van der Waals surface area contributed by atoms with Crippen LogP contribution in [0.4, 0.5) is 5.69 Å². The van der Waals surface area contributed by atoms with E-state index in [1.807, 2.05) is 44.2 Å². The molecule has 0 fully saturated rings. The summed E-state index contributed by atoms with van der Waals surface area (Å²) in [5.74, 6) is 2.64. The number of anilines is 1. The molecule has 2 N–H and O–H groups in total. The minimum Gasteiger partial charge on any atom is -0.493 e. The molecule has 8 heteroatoms. The second-order valence-corrected chi connectivity index (χ2v) is 5.28. The average Bonchev–Trinajstić information content (AvgIpc) is 2.66. The number of nitrogens with zero attached hydrogens (tertiary/aromatic N) is 2. The summed E-state index contributed by atoms with van der Waals surface area (Å²) < 4.78 is 16.3. The molecule has 0 saturated carbocycles. The maximum absolute atomic E-state index is 5.60. The number of pyridine rings is 1. The fourth-order valence-corrected chi connectivity index (χ4v) is 2.31. The summed E-state index contributed by atoms with van der Waals surface area (Å²) >= 11 is 0. The predicted octanol–water partition coefficient (Wildman–Crippen LogP) is 3.69. The van der Waals surface area contributed by atoms with Gasteiger partial charge in [-0.3, -0.25) is 4.99 Å². The highest BCUT2D eigenvalue weighted by atomic mass is 127. The van der Waals surface area contributed by atoms with E-state index in [2.05, 4.69) is 20.6 Å². The normalized spacial score (nSPS) is 10.6. The summed E-state index contributed by atoms with van der Waals surface area (Å²) in [5, 5.41) is 6.51. The molecule has 7 nitrogen and oxygen atoms in total. The number of hydrogen-bond donors (Lipinski definition) is 2. The lowest BCUT2D eigenvalue weighted by molar-refractivity contribution is 0.311. The van der Waals surface area contributed by atoms with E-state index in [1.165, 1.54) is 0 Å². The number of rotatable bonds is 8. The molecule has 0 aliphatic carbocycles. The molecule has 0 bridgehead atoms. The molecule has 2 rings (SSSR count). The van der Waals surface area contributed by atoms with Gasteiger partial charge in [-0.1, -0.05) is 0 Å². The highest BCUT2D eigenvalue weighted by Crippen LogP contribution is 2.30. The summed E-state index contributed by atoms with van der Waals surface area (Å²) in [6.45, 7) is 5.62. The lowest BCUT2D eigenvalue weighted by Gasteiger charge is -2.15. The molecular formula is C19H27IN4O3. The van der Waals surface area contributed by atoms with Gasteiger partial charge >= 0.3 is 0 Å². The Labute approximate surface area is 177 Å². The van der Waals surface area contributed by atoms with Crippen molar-refractivity contribution in [2.75, 3.05) is 32.7 Å². The van der Waals surface area contributed by atoms with E-state index in [9.17, 15) is 0 Å². The lowest BCUT2D eigenvalue weighted by Crippen LogP contribution is -2.30. The molecule has 0 atom stereocenters. The number of aliphatic imine (C=N–C) groups is 1. The lowest BCUT2D eigenvalue weighted by atomic mass is 10.2. The second kappa shape index (κ2) is 12.2. The van der Waals surface area contributed by atoms with Crippen molar-refractivity contribution in [3.05, 3.63) is 42.1 Å². The summed E-state index contributed by atoms with van der Waals surface area (Å²) in [4.78, 5) is 8.42. The van der Waals surface area contributed by atoms with Crippen molar-refractivity contribution in [3.8, 4) is 17.4 Å². The molecule has 1 aromatic heterocycles. The summed E-state index contributed by atoms with van der Waals surface area (Å²) in [7, 11) is 3.34. The van der Waals surface area contributed by atoms with Crippen molar-refractivity contribution in [1.82, 2.24) is 10.3 Å². The molecule has 0 saturated heterocycles. The monoisotopic (exact) mass is 486 g/mol. The van der Waals surface area contributed by atoms with Gasteiger partial charge in [0.25, 0.3) is 0 Å². The molecule has 0 aliphatic rings. The Morgan fingerprint density at radius 2 is 1.85 bits per heavy atom. The first-order valence-corrected chi connectivity index (χ1v) is 8.56. The van der Waals surface area contributed by atoms with Crippen LogP contribution in [0.15, 0.2) is 41.5 Å². The van der Waals surface area contributed by atoms with Crippen LogP contribution < -0.4 is 24.8 Å². The van der Waals surface area contributed by atoms with Crippen molar-refractivity contribution in [2.45, 2.75) is 20.4 Å². The molecule has 2 aromatic rings. The highest BCUT2D eigenvalue weighted by Gasteiger charge is 2.07. The number of ether oxygens (including phenoxy) is 3. The number of aromatic nitrogens is 1. The quantitative estimate of drug-likeness (QED) is 0.337. The Morgan fingerprint density at radius 1 is 1.07 bits per heavy atom. The van der Waals surface area contributed by atoms with Crippen LogP contribution in [-0.4, -0.2) is 38.3 Å². The van der Waals surface area contributed by atoms with Crippen LogP contribution in [0.3, 0.4) is 0 Å². The van der Waals surface area contributed by atoms with E-state index < -0.39 is 0 Å². The van der Waals surface area contributed by atoms with E-state index in [1.54, 1.807) is 20.4 Å².